The number of fused-ring (bicyclic) bond motifs is 1. The lowest BCUT2D eigenvalue weighted by molar-refractivity contribution is 0.0466. The minimum atomic E-state index is -0.0392. The summed E-state index contributed by atoms with van der Waals surface area (Å²) in [5.41, 5.74) is 7.36. The van der Waals surface area contributed by atoms with E-state index in [2.05, 4.69) is 18.0 Å². The van der Waals surface area contributed by atoms with Gasteiger partial charge in [-0.15, -0.1) is 0 Å². The van der Waals surface area contributed by atoms with Crippen LogP contribution >= 0.6 is 0 Å². The highest BCUT2D eigenvalue weighted by atomic mass is 16.5. The molecule has 1 saturated heterocycles. The molecule has 2 aliphatic heterocycles. The molecule has 1 fully saturated rings. The van der Waals surface area contributed by atoms with Crippen LogP contribution < -0.4 is 10.5 Å². The van der Waals surface area contributed by atoms with Crippen LogP contribution in [0.2, 0.25) is 0 Å². The van der Waals surface area contributed by atoms with Crippen LogP contribution in [0.4, 0.5) is 0 Å². The van der Waals surface area contributed by atoms with E-state index in [4.69, 9.17) is 10.5 Å². The summed E-state index contributed by atoms with van der Waals surface area (Å²) in [4.78, 5) is 2.32. The topological polar surface area (TPSA) is 38.5 Å². The van der Waals surface area contributed by atoms with Gasteiger partial charge < -0.3 is 15.4 Å². The fraction of sp³-hybridized carbons (Fsp3) is 0.538. The number of nitrogens with two attached hydrogens (primary N) is 1. The van der Waals surface area contributed by atoms with Crippen LogP contribution in [0.3, 0.4) is 0 Å². The number of ether oxygens (including phenoxy) is 1. The quantitative estimate of drug-likeness (QED) is 0.718. The number of rotatable bonds is 0. The van der Waals surface area contributed by atoms with Crippen LogP contribution in [0.1, 0.15) is 24.4 Å². The molecule has 0 aliphatic carbocycles. The molecule has 1 spiro atoms. The van der Waals surface area contributed by atoms with Crippen molar-refractivity contribution in [3.8, 4) is 5.75 Å². The molecule has 86 valence electrons. The first-order chi connectivity index (χ1) is 7.69. The van der Waals surface area contributed by atoms with Gasteiger partial charge in [0.15, 0.2) is 0 Å². The van der Waals surface area contributed by atoms with Gasteiger partial charge in [-0.2, -0.15) is 0 Å². The summed E-state index contributed by atoms with van der Waals surface area (Å²) in [5.74, 6) is 0.983. The fourth-order valence-electron chi connectivity index (χ4n) is 2.96. The van der Waals surface area contributed by atoms with Crippen molar-refractivity contribution in [2.45, 2.75) is 24.5 Å². The molecule has 0 amide bonds. The lowest BCUT2D eigenvalue weighted by atomic mass is 9.87. The maximum atomic E-state index is 6.25. The van der Waals surface area contributed by atoms with Gasteiger partial charge in [0, 0.05) is 37.5 Å². The van der Waals surface area contributed by atoms with E-state index in [1.165, 1.54) is 0 Å². The fourth-order valence-corrected chi connectivity index (χ4v) is 2.96. The van der Waals surface area contributed by atoms with Crippen molar-refractivity contribution in [1.29, 1.82) is 0 Å². The van der Waals surface area contributed by atoms with Gasteiger partial charge in [-0.1, -0.05) is 18.2 Å². The van der Waals surface area contributed by atoms with Gasteiger partial charge in [-0.25, -0.2) is 0 Å². The first-order valence-corrected chi connectivity index (χ1v) is 5.91. The van der Waals surface area contributed by atoms with Crippen LogP contribution in [0, 0.1) is 0 Å². The highest BCUT2D eigenvalue weighted by Gasteiger charge is 2.43. The molecular formula is C13H18N2O. The molecule has 16 heavy (non-hydrogen) atoms. The van der Waals surface area contributed by atoms with Crippen LogP contribution in [-0.2, 0) is 0 Å². The SMILES string of the molecule is CN1CCC2(CC(N)c3ccccc3O2)C1. The second-order valence-electron chi connectivity index (χ2n) is 5.12. The Morgan fingerprint density at radius 3 is 3.00 bits per heavy atom. The average Bonchev–Trinajstić information content (AvgIpc) is 2.59. The molecule has 2 unspecified atom stereocenters. The number of nitrogens with zero attached hydrogens (tertiary/aromatic N) is 1. The average molecular weight is 218 g/mol. The number of hydrogen-bond donors (Lipinski definition) is 1. The maximum Gasteiger partial charge on any atom is 0.125 e. The summed E-state index contributed by atoms with van der Waals surface area (Å²) in [7, 11) is 2.14. The molecule has 0 bridgehead atoms. The van der Waals surface area contributed by atoms with E-state index >= 15 is 0 Å². The summed E-state index contributed by atoms with van der Waals surface area (Å²) in [6, 6.07) is 8.28. The number of likely N-dealkylation sites (tertiary alicyclic amines) is 1. The van der Waals surface area contributed by atoms with Gasteiger partial charge in [0.05, 0.1) is 0 Å². The van der Waals surface area contributed by atoms with Crippen molar-refractivity contribution in [2.75, 3.05) is 20.1 Å². The maximum absolute atomic E-state index is 6.25. The highest BCUT2D eigenvalue weighted by Crippen LogP contribution is 2.42. The summed E-state index contributed by atoms with van der Waals surface area (Å²) in [6.45, 7) is 2.10. The lowest BCUT2D eigenvalue weighted by Gasteiger charge is -2.38. The van der Waals surface area contributed by atoms with Gasteiger partial charge in [0.1, 0.15) is 11.4 Å². The second-order valence-corrected chi connectivity index (χ2v) is 5.12. The predicted octanol–water partition coefficient (Wildman–Crippen LogP) is 1.54. The summed E-state index contributed by atoms with van der Waals surface area (Å²) < 4.78 is 6.20. The van der Waals surface area contributed by atoms with Crippen molar-refractivity contribution in [3.05, 3.63) is 29.8 Å². The molecule has 2 N–H and O–H groups in total. The molecule has 0 radical (unpaired) electrons. The Bertz CT molecular complexity index is 407. The third-order valence-electron chi connectivity index (χ3n) is 3.74. The van der Waals surface area contributed by atoms with Crippen LogP contribution in [0.5, 0.6) is 5.75 Å². The molecule has 3 heteroatoms. The van der Waals surface area contributed by atoms with Crippen molar-refractivity contribution in [2.24, 2.45) is 5.73 Å². The number of benzene rings is 1. The Morgan fingerprint density at radius 2 is 2.25 bits per heavy atom. The van der Waals surface area contributed by atoms with Gasteiger partial charge in [0.2, 0.25) is 0 Å². The zero-order chi connectivity index (χ0) is 11.2. The Balaban J connectivity index is 1.95. The Kier molecular flexibility index (Phi) is 2.19. The van der Waals surface area contributed by atoms with Crippen molar-refractivity contribution in [3.63, 3.8) is 0 Å². The third kappa shape index (κ3) is 1.51. The zero-order valence-electron chi connectivity index (χ0n) is 9.65. The lowest BCUT2D eigenvalue weighted by Crippen LogP contribution is -2.44. The Hall–Kier alpha value is -1.06. The van der Waals surface area contributed by atoms with E-state index in [-0.39, 0.29) is 11.6 Å². The Labute approximate surface area is 96.2 Å². The third-order valence-corrected chi connectivity index (χ3v) is 3.74. The molecular weight excluding hydrogens is 200 g/mol. The van der Waals surface area contributed by atoms with Crippen LogP contribution in [0.15, 0.2) is 24.3 Å². The van der Waals surface area contributed by atoms with Crippen LogP contribution in [0.25, 0.3) is 0 Å². The molecule has 2 heterocycles. The summed E-state index contributed by atoms with van der Waals surface area (Å²) >= 11 is 0. The van der Waals surface area contributed by atoms with Gasteiger partial charge in [0.25, 0.3) is 0 Å². The first-order valence-electron chi connectivity index (χ1n) is 5.91. The van der Waals surface area contributed by atoms with E-state index in [0.29, 0.717) is 0 Å². The standard InChI is InChI=1S/C13H18N2O/c1-15-7-6-13(9-15)8-11(14)10-4-2-3-5-12(10)16-13/h2-5,11H,6-9,14H2,1H3. The number of likely N-dealkylation sites (N-methyl/N-ethyl adjacent to an activating group) is 1. The van der Waals surface area contributed by atoms with Crippen molar-refractivity contribution in [1.82, 2.24) is 4.90 Å². The molecule has 0 saturated carbocycles. The smallest absolute Gasteiger partial charge is 0.125 e. The molecule has 3 rings (SSSR count). The first kappa shape index (κ1) is 10.1. The number of para-hydroxylation sites is 1. The molecule has 3 nitrogen and oxygen atoms in total. The minimum absolute atomic E-state index is 0.0392. The molecule has 1 aromatic rings. The predicted molar refractivity (Wildman–Crippen MR) is 63.5 cm³/mol. The van der Waals surface area contributed by atoms with E-state index < -0.39 is 0 Å². The van der Waals surface area contributed by atoms with Crippen LogP contribution in [-0.4, -0.2) is 30.6 Å². The summed E-state index contributed by atoms with van der Waals surface area (Å²) in [6.07, 6.45) is 2.03. The molecule has 2 aliphatic rings. The van der Waals surface area contributed by atoms with Crippen molar-refractivity contribution >= 4 is 0 Å². The van der Waals surface area contributed by atoms with E-state index in [1.807, 2.05) is 18.2 Å². The second kappa shape index (κ2) is 3.47. The molecule has 2 atom stereocenters. The van der Waals surface area contributed by atoms with Gasteiger partial charge >= 0.3 is 0 Å². The van der Waals surface area contributed by atoms with Gasteiger partial charge in [-0.3, -0.25) is 0 Å². The summed E-state index contributed by atoms with van der Waals surface area (Å²) in [5, 5.41) is 0. The Morgan fingerprint density at radius 1 is 1.44 bits per heavy atom. The molecule has 0 aromatic heterocycles. The normalized spacial score (nSPS) is 33.8. The van der Waals surface area contributed by atoms with E-state index in [9.17, 15) is 0 Å². The van der Waals surface area contributed by atoms with E-state index in [0.717, 1.165) is 37.2 Å². The van der Waals surface area contributed by atoms with Crippen molar-refractivity contribution < 1.29 is 4.74 Å². The zero-order valence-corrected chi connectivity index (χ0v) is 9.65. The van der Waals surface area contributed by atoms with Gasteiger partial charge in [-0.05, 0) is 13.1 Å². The highest BCUT2D eigenvalue weighted by molar-refractivity contribution is 5.39. The molecule has 1 aromatic carbocycles. The monoisotopic (exact) mass is 218 g/mol. The minimum Gasteiger partial charge on any atom is -0.485 e. The largest absolute Gasteiger partial charge is 0.485 e. The number of hydrogen-bond acceptors (Lipinski definition) is 3. The van der Waals surface area contributed by atoms with E-state index in [1.54, 1.807) is 0 Å².